The highest BCUT2D eigenvalue weighted by atomic mass is 31.2. The molecule has 0 radical (unpaired) electrons. The second-order valence-electron chi connectivity index (χ2n) is 8.42. The highest BCUT2D eigenvalue weighted by molar-refractivity contribution is 7.49. The summed E-state index contributed by atoms with van der Waals surface area (Å²) in [7, 11) is -4.28. The molecule has 0 saturated carbocycles. The van der Waals surface area contributed by atoms with Gasteiger partial charge in [0.1, 0.15) is 11.5 Å². The summed E-state index contributed by atoms with van der Waals surface area (Å²) in [6, 6.07) is 36.2. The van der Waals surface area contributed by atoms with E-state index in [9.17, 15) is 9.36 Å². The van der Waals surface area contributed by atoms with Gasteiger partial charge in [0.25, 0.3) is 0 Å². The van der Waals surface area contributed by atoms with Gasteiger partial charge in [-0.3, -0.25) is 9.69 Å². The largest absolute Gasteiger partial charge is 0.648 e. The molecule has 37 heavy (non-hydrogen) atoms. The number of carbonyl (C=O) groups is 1. The molecule has 0 fully saturated rings. The van der Waals surface area contributed by atoms with E-state index in [0.717, 1.165) is 11.1 Å². The Kier molecular flexibility index (Phi) is 7.38. The van der Waals surface area contributed by atoms with Crippen LogP contribution >= 0.6 is 7.82 Å². The number of hydrogen-bond donors (Lipinski definition) is 0. The molecule has 0 bridgehead atoms. The first-order valence-electron chi connectivity index (χ1n) is 12.0. The van der Waals surface area contributed by atoms with Gasteiger partial charge in [0.2, 0.25) is 11.8 Å². The van der Waals surface area contributed by atoms with Gasteiger partial charge in [-0.25, -0.2) is 0 Å². The molecule has 0 N–H and O–H groups in total. The van der Waals surface area contributed by atoms with Crippen molar-refractivity contribution in [2.75, 3.05) is 0 Å². The zero-order valence-electron chi connectivity index (χ0n) is 20.1. The van der Waals surface area contributed by atoms with E-state index in [-0.39, 0.29) is 11.8 Å². The van der Waals surface area contributed by atoms with Gasteiger partial charge in [-0.2, -0.15) is 4.57 Å². The number of benzene rings is 4. The van der Waals surface area contributed by atoms with E-state index >= 15 is 0 Å². The molecule has 1 amide bonds. The fraction of sp³-hybridized carbons (Fsp3) is 0.100. The second-order valence-corrected chi connectivity index (χ2v) is 9.86. The van der Waals surface area contributed by atoms with Crippen molar-refractivity contribution in [3.63, 3.8) is 0 Å². The Hall–Kier alpha value is -4.28. The van der Waals surface area contributed by atoms with E-state index in [2.05, 4.69) is 0 Å². The lowest BCUT2D eigenvalue weighted by Gasteiger charge is -2.36. The van der Waals surface area contributed by atoms with Gasteiger partial charge in [-0.15, -0.1) is 0 Å². The number of phosphoric acid groups is 1. The average Bonchev–Trinajstić information content (AvgIpc) is 2.92. The SMILES string of the molecule is O=C1CCC=C(OP(=O)(Oc2ccccc2)Oc2ccccc2)N1C(c1ccccc1)c1ccccc1. The quantitative estimate of drug-likeness (QED) is 0.218. The Labute approximate surface area is 216 Å². The second kappa shape index (κ2) is 11.2. The number of amides is 1. The van der Waals surface area contributed by atoms with E-state index < -0.39 is 13.9 Å². The monoisotopic (exact) mass is 511 g/mol. The van der Waals surface area contributed by atoms with Crippen LogP contribution in [0.3, 0.4) is 0 Å². The number of nitrogens with zero attached hydrogens (tertiary/aromatic N) is 1. The highest BCUT2D eigenvalue weighted by Crippen LogP contribution is 2.53. The van der Waals surface area contributed by atoms with Crippen LogP contribution < -0.4 is 9.05 Å². The normalized spacial score (nSPS) is 13.7. The molecule has 0 aromatic heterocycles. The van der Waals surface area contributed by atoms with Crippen LogP contribution in [0.4, 0.5) is 0 Å². The molecule has 1 aliphatic rings. The number of carbonyl (C=O) groups excluding carboxylic acids is 1. The summed E-state index contributed by atoms with van der Waals surface area (Å²) < 4.78 is 31.8. The molecule has 0 aliphatic carbocycles. The minimum Gasteiger partial charge on any atom is -0.386 e. The molecule has 4 aromatic carbocycles. The Bertz CT molecular complexity index is 1310. The van der Waals surface area contributed by atoms with Crippen molar-refractivity contribution in [1.82, 2.24) is 4.90 Å². The van der Waals surface area contributed by atoms with Gasteiger partial charge in [0.05, 0.1) is 6.04 Å². The summed E-state index contributed by atoms with van der Waals surface area (Å²) in [6.07, 6.45) is 2.50. The third-order valence-corrected chi connectivity index (χ3v) is 7.08. The van der Waals surface area contributed by atoms with Gasteiger partial charge in [-0.05, 0) is 47.9 Å². The van der Waals surface area contributed by atoms with Crippen LogP contribution in [0.2, 0.25) is 0 Å². The number of para-hydroxylation sites is 2. The molecule has 0 atom stereocenters. The maximum Gasteiger partial charge on any atom is 0.648 e. The number of hydrogen-bond acceptors (Lipinski definition) is 5. The van der Waals surface area contributed by atoms with Crippen molar-refractivity contribution < 1.29 is 22.9 Å². The van der Waals surface area contributed by atoms with Crippen molar-refractivity contribution >= 4 is 13.7 Å². The molecular formula is C30H26NO5P. The fourth-order valence-corrected chi connectivity index (χ4v) is 5.43. The first-order valence-corrected chi connectivity index (χ1v) is 13.5. The highest BCUT2D eigenvalue weighted by Gasteiger charge is 2.40. The van der Waals surface area contributed by atoms with Gasteiger partial charge in [-0.1, -0.05) is 97.1 Å². The van der Waals surface area contributed by atoms with E-state index in [1.54, 1.807) is 59.5 Å². The topological polar surface area (TPSA) is 65.1 Å². The van der Waals surface area contributed by atoms with Crippen LogP contribution in [0, 0.1) is 0 Å². The molecule has 0 spiro atoms. The number of allylic oxidation sites excluding steroid dienone is 1. The maximum atomic E-state index is 14.1. The minimum absolute atomic E-state index is 0.129. The molecule has 4 aromatic rings. The molecule has 7 heteroatoms. The summed E-state index contributed by atoms with van der Waals surface area (Å²) >= 11 is 0. The first-order chi connectivity index (χ1) is 18.1. The predicted molar refractivity (Wildman–Crippen MR) is 142 cm³/mol. The molecule has 1 heterocycles. The third-order valence-electron chi connectivity index (χ3n) is 5.80. The molecule has 6 nitrogen and oxygen atoms in total. The van der Waals surface area contributed by atoms with Crippen LogP contribution in [0.5, 0.6) is 11.5 Å². The molecule has 5 rings (SSSR count). The van der Waals surface area contributed by atoms with Crippen LogP contribution in [0.1, 0.15) is 30.0 Å². The lowest BCUT2D eigenvalue weighted by atomic mass is 9.96. The lowest BCUT2D eigenvalue weighted by molar-refractivity contribution is -0.133. The molecular weight excluding hydrogens is 485 g/mol. The lowest BCUT2D eigenvalue weighted by Crippen LogP contribution is -2.37. The zero-order chi connectivity index (χ0) is 25.5. The minimum atomic E-state index is -4.28. The molecule has 0 unspecified atom stereocenters. The van der Waals surface area contributed by atoms with Crippen molar-refractivity contribution in [1.29, 1.82) is 0 Å². The third kappa shape index (κ3) is 5.93. The number of rotatable bonds is 9. The zero-order valence-corrected chi connectivity index (χ0v) is 20.9. The smallest absolute Gasteiger partial charge is 0.386 e. The van der Waals surface area contributed by atoms with Crippen molar-refractivity contribution in [2.24, 2.45) is 0 Å². The Balaban J connectivity index is 1.54. The maximum absolute atomic E-state index is 14.1. The fourth-order valence-electron chi connectivity index (χ4n) is 4.17. The summed E-state index contributed by atoms with van der Waals surface area (Å²) in [5.74, 6) is 0.614. The van der Waals surface area contributed by atoms with Gasteiger partial charge in [0.15, 0.2) is 0 Å². The van der Waals surface area contributed by atoms with Crippen LogP contribution in [0.25, 0.3) is 0 Å². The molecule has 186 valence electrons. The van der Waals surface area contributed by atoms with E-state index in [1.807, 2.05) is 72.8 Å². The Morgan fingerprint density at radius 2 is 1.05 bits per heavy atom. The standard InChI is InChI=1S/C30H26NO5P/c32-28-22-13-23-29(31(28)30(24-14-5-1-6-15-24)25-16-7-2-8-17-25)36-37(33,34-26-18-9-3-10-19-26)35-27-20-11-4-12-21-27/h1-12,14-21,23,30H,13,22H2. The first kappa shape index (κ1) is 24.4. The summed E-state index contributed by atoms with van der Waals surface area (Å²) in [5, 5.41) is 0. The van der Waals surface area contributed by atoms with Crippen LogP contribution in [0.15, 0.2) is 133 Å². The van der Waals surface area contributed by atoms with Crippen molar-refractivity contribution in [2.45, 2.75) is 18.9 Å². The van der Waals surface area contributed by atoms with Gasteiger partial charge < -0.3 is 13.6 Å². The van der Waals surface area contributed by atoms with E-state index in [0.29, 0.717) is 24.3 Å². The van der Waals surface area contributed by atoms with Crippen LogP contribution in [-0.4, -0.2) is 10.8 Å². The predicted octanol–water partition coefficient (Wildman–Crippen LogP) is 7.52. The Morgan fingerprint density at radius 3 is 1.51 bits per heavy atom. The molecule has 0 saturated heterocycles. The van der Waals surface area contributed by atoms with Crippen molar-refractivity contribution in [3.8, 4) is 11.5 Å². The van der Waals surface area contributed by atoms with Crippen molar-refractivity contribution in [3.05, 3.63) is 144 Å². The number of phosphoric ester groups is 1. The molecule has 1 aliphatic heterocycles. The van der Waals surface area contributed by atoms with Crippen LogP contribution in [-0.2, 0) is 13.9 Å². The summed E-state index contributed by atoms with van der Waals surface area (Å²) in [4.78, 5) is 15.0. The van der Waals surface area contributed by atoms with E-state index in [4.69, 9.17) is 13.6 Å². The summed E-state index contributed by atoms with van der Waals surface area (Å²) in [6.45, 7) is 0. The van der Waals surface area contributed by atoms with Gasteiger partial charge >= 0.3 is 7.82 Å². The Morgan fingerprint density at radius 1 is 0.622 bits per heavy atom. The van der Waals surface area contributed by atoms with E-state index in [1.165, 1.54) is 0 Å². The average molecular weight is 512 g/mol. The summed E-state index contributed by atoms with van der Waals surface area (Å²) in [5.41, 5.74) is 1.78. The van der Waals surface area contributed by atoms with Gasteiger partial charge in [0, 0.05) is 6.42 Å².